The van der Waals surface area contributed by atoms with E-state index in [0.717, 1.165) is 0 Å². The summed E-state index contributed by atoms with van der Waals surface area (Å²) in [5.74, 6) is -0.505. The molecule has 80 valence electrons. The number of alkyl halides is 3. The van der Waals surface area contributed by atoms with E-state index < -0.39 is 18.9 Å². The van der Waals surface area contributed by atoms with Crippen LogP contribution in [0.15, 0.2) is 0 Å². The van der Waals surface area contributed by atoms with Gasteiger partial charge in [-0.25, -0.2) is 0 Å². The van der Waals surface area contributed by atoms with Crippen LogP contribution in [0.2, 0.25) is 0 Å². The van der Waals surface area contributed by atoms with Crippen molar-refractivity contribution in [3.8, 4) is 0 Å². The third-order valence-corrected chi connectivity index (χ3v) is 1.89. The summed E-state index contributed by atoms with van der Waals surface area (Å²) in [5, 5.41) is 8.81. The molecule has 0 aromatic carbocycles. The third-order valence-electron chi connectivity index (χ3n) is 1.89. The number of hydrogen-bond donors (Lipinski definition) is 1. The molecule has 0 spiro atoms. The van der Waals surface area contributed by atoms with Crippen molar-refractivity contribution >= 4 is 0 Å². The summed E-state index contributed by atoms with van der Waals surface area (Å²) in [6.07, 6.45) is -4.61. The number of hydrogen-bond acceptors (Lipinski definition) is 2. The van der Waals surface area contributed by atoms with E-state index >= 15 is 0 Å². The molecule has 0 amide bonds. The second-order valence-corrected chi connectivity index (χ2v) is 4.00. The lowest BCUT2D eigenvalue weighted by Crippen LogP contribution is -2.31. The van der Waals surface area contributed by atoms with E-state index in [1.165, 1.54) is 0 Å². The first kappa shape index (κ1) is 12.7. The Labute approximate surface area is 75.7 Å². The van der Waals surface area contributed by atoms with Gasteiger partial charge in [0.25, 0.3) is 0 Å². The molecular formula is C8H15F3O2. The van der Waals surface area contributed by atoms with Crippen LogP contribution in [0.3, 0.4) is 0 Å². The number of aliphatic hydroxyl groups excluding tert-OH is 1. The molecule has 0 heterocycles. The van der Waals surface area contributed by atoms with Gasteiger partial charge >= 0.3 is 6.36 Å². The van der Waals surface area contributed by atoms with Gasteiger partial charge in [-0.15, -0.1) is 13.2 Å². The fourth-order valence-electron chi connectivity index (χ4n) is 0.772. The van der Waals surface area contributed by atoms with E-state index in [2.05, 4.69) is 4.74 Å². The molecule has 0 saturated carbocycles. The van der Waals surface area contributed by atoms with Crippen LogP contribution >= 0.6 is 0 Å². The van der Waals surface area contributed by atoms with E-state index in [0.29, 0.717) is 0 Å². The molecule has 0 aliphatic carbocycles. The van der Waals surface area contributed by atoms with Crippen molar-refractivity contribution < 1.29 is 23.0 Å². The van der Waals surface area contributed by atoms with Crippen molar-refractivity contribution in [2.75, 3.05) is 13.2 Å². The van der Waals surface area contributed by atoms with E-state index in [4.69, 9.17) is 5.11 Å². The Morgan fingerprint density at radius 1 is 1.23 bits per heavy atom. The van der Waals surface area contributed by atoms with Gasteiger partial charge in [0.15, 0.2) is 0 Å². The first-order chi connectivity index (χ1) is 5.67. The summed E-state index contributed by atoms with van der Waals surface area (Å²) in [5.41, 5.74) is -0.389. The van der Waals surface area contributed by atoms with Gasteiger partial charge in [-0.2, -0.15) is 0 Å². The molecule has 1 atom stereocenters. The predicted octanol–water partition coefficient (Wildman–Crippen LogP) is 2.18. The lowest BCUT2D eigenvalue weighted by Gasteiger charge is -2.28. The Kier molecular flexibility index (Phi) is 4.19. The highest BCUT2D eigenvalue weighted by Crippen LogP contribution is 2.28. The zero-order valence-electron chi connectivity index (χ0n) is 7.98. The van der Waals surface area contributed by atoms with E-state index in [1.807, 2.05) is 0 Å². The van der Waals surface area contributed by atoms with Crippen molar-refractivity contribution in [2.24, 2.45) is 11.3 Å². The first-order valence-electron chi connectivity index (χ1n) is 3.98. The summed E-state index contributed by atoms with van der Waals surface area (Å²) in [4.78, 5) is 0. The Morgan fingerprint density at radius 2 is 1.69 bits per heavy atom. The molecule has 0 rings (SSSR count). The minimum absolute atomic E-state index is 0.306. The average molecular weight is 200 g/mol. The van der Waals surface area contributed by atoms with Gasteiger partial charge in [0.1, 0.15) is 0 Å². The normalized spacial score (nSPS) is 15.9. The van der Waals surface area contributed by atoms with Crippen molar-refractivity contribution in [3.05, 3.63) is 0 Å². The second kappa shape index (κ2) is 4.28. The molecule has 1 unspecified atom stereocenters. The van der Waals surface area contributed by atoms with Crippen molar-refractivity contribution in [1.29, 1.82) is 0 Å². The maximum atomic E-state index is 11.6. The summed E-state index contributed by atoms with van der Waals surface area (Å²) >= 11 is 0. The van der Waals surface area contributed by atoms with Crippen LogP contribution in [-0.4, -0.2) is 24.7 Å². The molecule has 5 heteroatoms. The summed E-state index contributed by atoms with van der Waals surface area (Å²) < 4.78 is 38.6. The quantitative estimate of drug-likeness (QED) is 0.756. The van der Waals surface area contributed by atoms with Crippen LogP contribution < -0.4 is 0 Å². The Balaban J connectivity index is 4.02. The highest BCUT2D eigenvalue weighted by molar-refractivity contribution is 4.72. The summed E-state index contributed by atoms with van der Waals surface area (Å²) in [6.45, 7) is 4.47. The van der Waals surface area contributed by atoms with Crippen molar-refractivity contribution in [2.45, 2.75) is 27.1 Å². The van der Waals surface area contributed by atoms with E-state index in [-0.39, 0.29) is 12.0 Å². The molecular weight excluding hydrogens is 185 g/mol. The van der Waals surface area contributed by atoms with Crippen LogP contribution in [0.25, 0.3) is 0 Å². The molecule has 0 aliphatic heterocycles. The van der Waals surface area contributed by atoms with Gasteiger partial charge in [-0.05, 0) is 5.41 Å². The second-order valence-electron chi connectivity index (χ2n) is 4.00. The molecule has 0 fully saturated rings. The van der Waals surface area contributed by atoms with Gasteiger partial charge in [-0.3, -0.25) is 4.74 Å². The van der Waals surface area contributed by atoms with Crippen molar-refractivity contribution in [3.63, 3.8) is 0 Å². The zero-order valence-corrected chi connectivity index (χ0v) is 7.98. The topological polar surface area (TPSA) is 29.5 Å². The van der Waals surface area contributed by atoms with Gasteiger partial charge in [0, 0.05) is 12.5 Å². The molecule has 13 heavy (non-hydrogen) atoms. The van der Waals surface area contributed by atoms with Gasteiger partial charge in [0.2, 0.25) is 0 Å². The first-order valence-corrected chi connectivity index (χ1v) is 3.98. The van der Waals surface area contributed by atoms with E-state index in [1.54, 1.807) is 20.8 Å². The van der Waals surface area contributed by atoms with Crippen LogP contribution in [0.1, 0.15) is 20.8 Å². The molecule has 0 bridgehead atoms. The molecule has 1 N–H and O–H groups in total. The zero-order chi connectivity index (χ0) is 10.7. The monoisotopic (exact) mass is 200 g/mol. The highest BCUT2D eigenvalue weighted by atomic mass is 19.4. The lowest BCUT2D eigenvalue weighted by atomic mass is 9.82. The smallest absolute Gasteiger partial charge is 0.396 e. The number of aliphatic hydroxyl groups is 1. The van der Waals surface area contributed by atoms with Crippen LogP contribution in [0, 0.1) is 11.3 Å². The fourth-order valence-corrected chi connectivity index (χ4v) is 0.772. The molecule has 0 aliphatic rings. The predicted molar refractivity (Wildman–Crippen MR) is 42.0 cm³/mol. The Hall–Kier alpha value is -0.290. The minimum Gasteiger partial charge on any atom is -0.396 e. The van der Waals surface area contributed by atoms with Gasteiger partial charge in [0.05, 0.1) is 6.61 Å². The Bertz CT molecular complexity index is 148. The Morgan fingerprint density at radius 3 is 1.92 bits per heavy atom. The van der Waals surface area contributed by atoms with Crippen molar-refractivity contribution in [1.82, 2.24) is 0 Å². The minimum atomic E-state index is -4.61. The van der Waals surface area contributed by atoms with Gasteiger partial charge < -0.3 is 5.11 Å². The maximum absolute atomic E-state index is 11.6. The lowest BCUT2D eigenvalue weighted by molar-refractivity contribution is -0.331. The third kappa shape index (κ3) is 5.87. The SMILES string of the molecule is CC(C)(C)C(CO)COC(F)(F)F. The van der Waals surface area contributed by atoms with Gasteiger partial charge in [-0.1, -0.05) is 20.8 Å². The summed E-state index contributed by atoms with van der Waals surface area (Å²) in [7, 11) is 0. The average Bonchev–Trinajstić information content (AvgIpc) is 1.82. The number of rotatable bonds is 3. The highest BCUT2D eigenvalue weighted by Gasteiger charge is 2.33. The molecule has 0 saturated heterocycles. The largest absolute Gasteiger partial charge is 0.522 e. The molecule has 2 nitrogen and oxygen atoms in total. The number of halogens is 3. The standard InChI is InChI=1S/C8H15F3O2/c1-7(2,3)6(4-12)5-13-8(9,10)11/h6,12H,4-5H2,1-3H3. The molecule has 0 aromatic heterocycles. The van der Waals surface area contributed by atoms with E-state index in [9.17, 15) is 13.2 Å². The number of ether oxygens (including phenoxy) is 1. The van der Waals surface area contributed by atoms with Crippen LogP contribution in [-0.2, 0) is 4.74 Å². The summed E-state index contributed by atoms with van der Waals surface area (Å²) in [6, 6.07) is 0. The van der Waals surface area contributed by atoms with Crippen LogP contribution in [0.5, 0.6) is 0 Å². The molecule has 0 aromatic rings. The fraction of sp³-hybridized carbons (Fsp3) is 1.00. The van der Waals surface area contributed by atoms with Crippen LogP contribution in [0.4, 0.5) is 13.2 Å². The maximum Gasteiger partial charge on any atom is 0.522 e. The molecule has 0 radical (unpaired) electrons.